The summed E-state index contributed by atoms with van der Waals surface area (Å²) in [6.45, 7) is 0. The summed E-state index contributed by atoms with van der Waals surface area (Å²) in [6.07, 6.45) is 0. The van der Waals surface area contributed by atoms with Crippen LogP contribution in [0.25, 0.3) is 126 Å². The molecule has 0 amide bonds. The first-order chi connectivity index (χ1) is 31.2. The molecule has 292 valence electrons. The van der Waals surface area contributed by atoms with Gasteiger partial charge in [-0.1, -0.05) is 176 Å². The van der Waals surface area contributed by atoms with Crippen LogP contribution in [0.4, 0.5) is 0 Å². The molecule has 2 aromatic heterocycles. The van der Waals surface area contributed by atoms with Gasteiger partial charge in [0.05, 0.1) is 16.7 Å². The molecule has 0 unspecified atom stereocenters. The number of hydrogen-bond acceptors (Lipinski definition) is 2. The molecule has 3 heteroatoms. The van der Waals surface area contributed by atoms with Crippen LogP contribution in [-0.2, 0) is 0 Å². The second kappa shape index (κ2) is 14.1. The lowest BCUT2D eigenvalue weighted by molar-refractivity contribution is 1.05. The quantitative estimate of drug-likeness (QED) is 0.162. The SMILES string of the molecule is c1ccc(-c2cc(-n3c4ccc(-c5ccc6ccccc6c5)cc4c4cc5c6cc(-c7ccc8ccccc8c7)ccc6c6ccccc6c5cc43)nc(-c3ccccc3)n2)cc1. The highest BCUT2D eigenvalue weighted by molar-refractivity contribution is 6.29. The van der Waals surface area contributed by atoms with Gasteiger partial charge in [0, 0.05) is 28.0 Å². The lowest BCUT2D eigenvalue weighted by Crippen LogP contribution is -2.02. The highest BCUT2D eigenvalue weighted by Gasteiger charge is 2.20. The van der Waals surface area contributed by atoms with Gasteiger partial charge in [0.2, 0.25) is 0 Å². The summed E-state index contributed by atoms with van der Waals surface area (Å²) >= 11 is 0. The number of nitrogens with zero attached hydrogens (tertiary/aromatic N) is 3. The molecule has 0 saturated heterocycles. The Morgan fingerprint density at radius 3 is 1.41 bits per heavy atom. The summed E-state index contributed by atoms with van der Waals surface area (Å²) < 4.78 is 2.36. The Morgan fingerprint density at radius 1 is 0.254 bits per heavy atom. The third-order valence-electron chi connectivity index (χ3n) is 12.9. The highest BCUT2D eigenvalue weighted by atomic mass is 15.1. The number of hydrogen-bond donors (Lipinski definition) is 0. The van der Waals surface area contributed by atoms with Gasteiger partial charge in [-0.2, -0.15) is 0 Å². The van der Waals surface area contributed by atoms with E-state index in [0.717, 1.165) is 33.7 Å². The first kappa shape index (κ1) is 35.4. The normalized spacial score (nSPS) is 11.8. The van der Waals surface area contributed by atoms with Crippen molar-refractivity contribution in [3.05, 3.63) is 224 Å². The first-order valence-corrected chi connectivity index (χ1v) is 21.6. The Hall–Kier alpha value is -8.40. The van der Waals surface area contributed by atoms with Crippen molar-refractivity contribution in [1.29, 1.82) is 0 Å². The summed E-state index contributed by atoms with van der Waals surface area (Å²) in [5.41, 5.74) is 9.85. The van der Waals surface area contributed by atoms with Crippen LogP contribution in [0.1, 0.15) is 0 Å². The zero-order valence-electron chi connectivity index (χ0n) is 34.2. The molecule has 0 N–H and O–H groups in total. The smallest absolute Gasteiger partial charge is 0.162 e. The van der Waals surface area contributed by atoms with E-state index in [9.17, 15) is 0 Å². The molecule has 0 aliphatic carbocycles. The van der Waals surface area contributed by atoms with E-state index in [1.54, 1.807) is 0 Å². The van der Waals surface area contributed by atoms with E-state index in [2.05, 4.69) is 217 Å². The van der Waals surface area contributed by atoms with E-state index >= 15 is 0 Å². The maximum absolute atomic E-state index is 5.40. The summed E-state index contributed by atoms with van der Waals surface area (Å²) in [5.74, 6) is 1.51. The van der Waals surface area contributed by atoms with Crippen LogP contribution in [-0.4, -0.2) is 14.5 Å². The fourth-order valence-corrected chi connectivity index (χ4v) is 9.83. The van der Waals surface area contributed by atoms with E-state index in [0.29, 0.717) is 5.82 Å². The van der Waals surface area contributed by atoms with Gasteiger partial charge < -0.3 is 0 Å². The van der Waals surface area contributed by atoms with Gasteiger partial charge in [-0.25, -0.2) is 9.97 Å². The summed E-state index contributed by atoms with van der Waals surface area (Å²) in [4.78, 5) is 10.6. The van der Waals surface area contributed by atoms with Crippen LogP contribution >= 0.6 is 0 Å². The molecule has 0 saturated carbocycles. The molecule has 63 heavy (non-hydrogen) atoms. The molecular weight excluding hydrogens is 763 g/mol. The lowest BCUT2D eigenvalue weighted by atomic mass is 9.90. The van der Waals surface area contributed by atoms with E-state index in [1.165, 1.54) is 86.9 Å². The Balaban J connectivity index is 1.13. The number of rotatable bonds is 5. The molecule has 2 heterocycles. The average molecular weight is 800 g/mol. The standard InChI is InChI=1S/C60H37N3/c1-3-15-40(16-4-1)56-37-59(62-60(61-56)41-17-5-2-6-18-41)63-57-30-28-47(45-26-24-39-14-8-10-20-43(39)32-45)34-54(57)55-35-52-51-33-46(44-25-23-38-13-7-9-19-42(38)31-44)27-29-50(51)48-21-11-12-22-49(48)53(52)36-58(55)63/h1-37H. The molecule has 0 radical (unpaired) electrons. The van der Waals surface area contributed by atoms with Crippen LogP contribution in [0.5, 0.6) is 0 Å². The summed E-state index contributed by atoms with van der Waals surface area (Å²) in [5, 5.41) is 14.7. The van der Waals surface area contributed by atoms with Crippen molar-refractivity contribution >= 4 is 75.7 Å². The molecule has 0 spiro atoms. The minimum absolute atomic E-state index is 0.688. The molecule has 0 aliphatic rings. The third-order valence-corrected chi connectivity index (χ3v) is 12.9. The Kier molecular flexibility index (Phi) is 7.91. The Bertz CT molecular complexity index is 3900. The van der Waals surface area contributed by atoms with E-state index < -0.39 is 0 Å². The predicted octanol–water partition coefficient (Wildman–Crippen LogP) is 16.0. The van der Waals surface area contributed by atoms with Crippen LogP contribution in [0, 0.1) is 0 Å². The van der Waals surface area contributed by atoms with Gasteiger partial charge in [-0.05, 0) is 119 Å². The average Bonchev–Trinajstić information content (AvgIpc) is 3.68. The van der Waals surface area contributed by atoms with Crippen LogP contribution < -0.4 is 0 Å². The van der Waals surface area contributed by atoms with Crippen molar-refractivity contribution < 1.29 is 0 Å². The summed E-state index contributed by atoms with van der Waals surface area (Å²) in [7, 11) is 0. The van der Waals surface area contributed by atoms with Gasteiger partial charge >= 0.3 is 0 Å². The molecule has 13 rings (SSSR count). The van der Waals surface area contributed by atoms with Crippen LogP contribution in [0.2, 0.25) is 0 Å². The maximum atomic E-state index is 5.40. The highest BCUT2D eigenvalue weighted by Crippen LogP contribution is 2.43. The Morgan fingerprint density at radius 2 is 0.730 bits per heavy atom. The number of aromatic nitrogens is 3. The van der Waals surface area contributed by atoms with Crippen molar-refractivity contribution in [2.24, 2.45) is 0 Å². The summed E-state index contributed by atoms with van der Waals surface area (Å²) in [6, 6.07) is 81.3. The minimum atomic E-state index is 0.688. The topological polar surface area (TPSA) is 30.7 Å². The van der Waals surface area contributed by atoms with E-state index in [1.807, 2.05) is 12.1 Å². The first-order valence-electron chi connectivity index (χ1n) is 21.6. The van der Waals surface area contributed by atoms with Crippen molar-refractivity contribution in [2.45, 2.75) is 0 Å². The second-order valence-electron chi connectivity index (χ2n) is 16.6. The molecule has 0 atom stereocenters. The zero-order valence-corrected chi connectivity index (χ0v) is 34.2. The number of fused-ring (bicyclic) bond motifs is 11. The molecule has 0 fully saturated rings. The van der Waals surface area contributed by atoms with Crippen molar-refractivity contribution in [3.8, 4) is 50.7 Å². The van der Waals surface area contributed by atoms with Crippen LogP contribution in [0.15, 0.2) is 224 Å². The van der Waals surface area contributed by atoms with Gasteiger partial charge in [0.1, 0.15) is 5.82 Å². The fourth-order valence-electron chi connectivity index (χ4n) is 9.83. The fraction of sp³-hybridized carbons (Fsp3) is 0. The molecule has 13 aromatic rings. The second-order valence-corrected chi connectivity index (χ2v) is 16.6. The van der Waals surface area contributed by atoms with Crippen molar-refractivity contribution in [3.63, 3.8) is 0 Å². The molecule has 11 aromatic carbocycles. The molecule has 0 bridgehead atoms. The largest absolute Gasteiger partial charge is 0.294 e. The van der Waals surface area contributed by atoms with E-state index in [4.69, 9.17) is 9.97 Å². The minimum Gasteiger partial charge on any atom is -0.294 e. The Labute approximate surface area is 363 Å². The van der Waals surface area contributed by atoms with Crippen molar-refractivity contribution in [1.82, 2.24) is 14.5 Å². The lowest BCUT2D eigenvalue weighted by Gasteiger charge is -2.14. The molecule has 3 nitrogen and oxygen atoms in total. The third kappa shape index (κ3) is 5.82. The van der Waals surface area contributed by atoms with Crippen LogP contribution in [0.3, 0.4) is 0 Å². The monoisotopic (exact) mass is 799 g/mol. The van der Waals surface area contributed by atoms with E-state index in [-0.39, 0.29) is 0 Å². The van der Waals surface area contributed by atoms with Gasteiger partial charge in [-0.3, -0.25) is 4.57 Å². The van der Waals surface area contributed by atoms with Crippen molar-refractivity contribution in [2.75, 3.05) is 0 Å². The van der Waals surface area contributed by atoms with Gasteiger partial charge in [0.15, 0.2) is 5.82 Å². The maximum Gasteiger partial charge on any atom is 0.162 e. The van der Waals surface area contributed by atoms with Gasteiger partial charge in [0.25, 0.3) is 0 Å². The molecular formula is C60H37N3. The predicted molar refractivity (Wildman–Crippen MR) is 266 cm³/mol. The molecule has 0 aliphatic heterocycles. The number of benzene rings is 11. The zero-order chi connectivity index (χ0) is 41.4. The van der Waals surface area contributed by atoms with Gasteiger partial charge in [-0.15, -0.1) is 0 Å².